The van der Waals surface area contributed by atoms with Crippen molar-refractivity contribution in [1.82, 2.24) is 4.98 Å². The predicted molar refractivity (Wildman–Crippen MR) is 73.4 cm³/mol. The summed E-state index contributed by atoms with van der Waals surface area (Å²) in [6.07, 6.45) is 7.94. The summed E-state index contributed by atoms with van der Waals surface area (Å²) in [4.78, 5) is 4.23. The van der Waals surface area contributed by atoms with Gasteiger partial charge in [-0.05, 0) is 36.3 Å². The molecule has 0 unspecified atom stereocenters. The molecule has 0 saturated carbocycles. The van der Waals surface area contributed by atoms with Gasteiger partial charge >= 0.3 is 0 Å². The molecule has 0 amide bonds. The maximum atomic E-state index is 4.23. The van der Waals surface area contributed by atoms with Crippen molar-refractivity contribution in [1.29, 1.82) is 0 Å². The quantitative estimate of drug-likeness (QED) is 0.708. The molecule has 2 aromatic rings. The van der Waals surface area contributed by atoms with Gasteiger partial charge in [-0.1, -0.05) is 48.6 Å². The van der Waals surface area contributed by atoms with Crippen LogP contribution in [0, 0.1) is 0 Å². The minimum absolute atomic E-state index is 0.976. The van der Waals surface area contributed by atoms with Crippen LogP contribution in [-0.2, 0) is 0 Å². The normalized spacial score (nSPS) is 11.9. The van der Waals surface area contributed by atoms with E-state index in [1.54, 1.807) is 6.20 Å². The van der Waals surface area contributed by atoms with Crippen LogP contribution in [0.3, 0.4) is 0 Å². The maximum Gasteiger partial charge on any atom is 0.0629 e. The number of benzene rings is 1. The first kappa shape index (κ1) is 11.3. The van der Waals surface area contributed by atoms with E-state index in [-0.39, 0.29) is 0 Å². The van der Waals surface area contributed by atoms with Gasteiger partial charge in [0.1, 0.15) is 0 Å². The Labute approximate surface area is 102 Å². The zero-order valence-electron chi connectivity index (χ0n) is 9.88. The van der Waals surface area contributed by atoms with E-state index in [0.29, 0.717) is 0 Å². The van der Waals surface area contributed by atoms with Gasteiger partial charge < -0.3 is 0 Å². The van der Waals surface area contributed by atoms with Crippen LogP contribution in [0.1, 0.15) is 18.2 Å². The molecule has 17 heavy (non-hydrogen) atoms. The molecule has 0 aliphatic rings. The first-order valence-corrected chi connectivity index (χ1v) is 5.68. The first-order chi connectivity index (χ1) is 8.36. The Bertz CT molecular complexity index is 510. The molecule has 0 saturated heterocycles. The SMILES string of the molecule is C/C(=C/C=C\c1ccccn1)c1ccccc1. The average molecular weight is 221 g/mol. The van der Waals surface area contributed by atoms with Gasteiger partial charge in [0.2, 0.25) is 0 Å². The Morgan fingerprint density at radius 3 is 2.47 bits per heavy atom. The fourth-order valence-corrected chi connectivity index (χ4v) is 1.56. The fraction of sp³-hybridized carbons (Fsp3) is 0.0625. The summed E-state index contributed by atoms with van der Waals surface area (Å²) in [5.41, 5.74) is 3.47. The lowest BCUT2D eigenvalue weighted by Gasteiger charge is -1.98. The summed E-state index contributed by atoms with van der Waals surface area (Å²) in [5.74, 6) is 0. The number of hydrogen-bond donors (Lipinski definition) is 0. The number of pyridine rings is 1. The summed E-state index contributed by atoms with van der Waals surface area (Å²) in [5, 5.41) is 0. The highest BCUT2D eigenvalue weighted by atomic mass is 14.6. The van der Waals surface area contributed by atoms with Crippen LogP contribution in [-0.4, -0.2) is 4.98 Å². The molecular formula is C16H15N. The van der Waals surface area contributed by atoms with Crippen molar-refractivity contribution < 1.29 is 0 Å². The van der Waals surface area contributed by atoms with Gasteiger partial charge in [-0.3, -0.25) is 4.98 Å². The number of aromatic nitrogens is 1. The zero-order valence-corrected chi connectivity index (χ0v) is 9.88. The number of allylic oxidation sites excluding steroid dienone is 3. The van der Waals surface area contributed by atoms with Crippen molar-refractivity contribution in [3.63, 3.8) is 0 Å². The minimum atomic E-state index is 0.976. The van der Waals surface area contributed by atoms with Crippen LogP contribution in [0.25, 0.3) is 11.6 Å². The van der Waals surface area contributed by atoms with Crippen molar-refractivity contribution in [2.45, 2.75) is 6.92 Å². The number of rotatable bonds is 3. The van der Waals surface area contributed by atoms with Crippen molar-refractivity contribution in [3.05, 3.63) is 78.1 Å². The highest BCUT2D eigenvalue weighted by molar-refractivity contribution is 5.66. The van der Waals surface area contributed by atoms with Crippen LogP contribution < -0.4 is 0 Å². The lowest BCUT2D eigenvalue weighted by atomic mass is 10.1. The predicted octanol–water partition coefficient (Wildman–Crippen LogP) is 4.20. The molecule has 0 aliphatic heterocycles. The minimum Gasteiger partial charge on any atom is -0.257 e. The highest BCUT2D eigenvalue weighted by Gasteiger charge is 1.90. The van der Waals surface area contributed by atoms with Gasteiger partial charge in [0.25, 0.3) is 0 Å². The summed E-state index contributed by atoms with van der Waals surface area (Å²) in [7, 11) is 0. The van der Waals surface area contributed by atoms with E-state index in [0.717, 1.165) is 5.69 Å². The number of hydrogen-bond acceptors (Lipinski definition) is 1. The molecule has 1 nitrogen and oxygen atoms in total. The molecule has 0 atom stereocenters. The third kappa shape index (κ3) is 3.42. The van der Waals surface area contributed by atoms with Gasteiger partial charge in [-0.15, -0.1) is 0 Å². The van der Waals surface area contributed by atoms with Gasteiger partial charge in [0.15, 0.2) is 0 Å². The van der Waals surface area contributed by atoms with Crippen LogP contribution in [0.5, 0.6) is 0 Å². The Kier molecular flexibility index (Phi) is 3.87. The summed E-state index contributed by atoms with van der Waals surface area (Å²) in [6, 6.07) is 16.2. The molecule has 1 heterocycles. The smallest absolute Gasteiger partial charge is 0.0629 e. The first-order valence-electron chi connectivity index (χ1n) is 5.68. The monoisotopic (exact) mass is 221 g/mol. The largest absolute Gasteiger partial charge is 0.257 e. The van der Waals surface area contributed by atoms with E-state index in [9.17, 15) is 0 Å². The van der Waals surface area contributed by atoms with Crippen molar-refractivity contribution in [2.24, 2.45) is 0 Å². The third-order valence-electron chi connectivity index (χ3n) is 2.53. The molecule has 0 fully saturated rings. The highest BCUT2D eigenvalue weighted by Crippen LogP contribution is 2.12. The van der Waals surface area contributed by atoms with E-state index in [1.807, 2.05) is 36.4 Å². The molecule has 84 valence electrons. The molecule has 0 N–H and O–H groups in total. The lowest BCUT2D eigenvalue weighted by Crippen LogP contribution is -1.77. The fourth-order valence-electron chi connectivity index (χ4n) is 1.56. The maximum absolute atomic E-state index is 4.23. The molecule has 0 bridgehead atoms. The molecule has 0 aliphatic carbocycles. The molecule has 1 aromatic heterocycles. The van der Waals surface area contributed by atoms with Crippen molar-refractivity contribution in [2.75, 3.05) is 0 Å². The Morgan fingerprint density at radius 1 is 1.00 bits per heavy atom. The molecule has 2 rings (SSSR count). The second-order valence-corrected chi connectivity index (χ2v) is 3.83. The van der Waals surface area contributed by atoms with Crippen LogP contribution in [0.2, 0.25) is 0 Å². The van der Waals surface area contributed by atoms with E-state index in [4.69, 9.17) is 0 Å². The summed E-state index contributed by atoms with van der Waals surface area (Å²) >= 11 is 0. The Morgan fingerprint density at radius 2 is 1.76 bits per heavy atom. The average Bonchev–Trinajstić information content (AvgIpc) is 2.41. The zero-order chi connectivity index (χ0) is 11.9. The standard InChI is InChI=1S/C16H15N/c1-14(15-9-3-2-4-10-15)8-7-12-16-11-5-6-13-17-16/h2-13H,1H3/b12-7-,14-8-. The molecule has 0 radical (unpaired) electrons. The van der Waals surface area contributed by atoms with Gasteiger partial charge in [-0.2, -0.15) is 0 Å². The molecule has 1 aromatic carbocycles. The second-order valence-electron chi connectivity index (χ2n) is 3.83. The van der Waals surface area contributed by atoms with Gasteiger partial charge in [-0.25, -0.2) is 0 Å². The summed E-state index contributed by atoms with van der Waals surface area (Å²) < 4.78 is 0. The van der Waals surface area contributed by atoms with Crippen LogP contribution in [0.4, 0.5) is 0 Å². The van der Waals surface area contributed by atoms with E-state index < -0.39 is 0 Å². The van der Waals surface area contributed by atoms with Gasteiger partial charge in [0, 0.05) is 6.20 Å². The molecular weight excluding hydrogens is 206 g/mol. The Hall–Kier alpha value is -2.15. The van der Waals surface area contributed by atoms with Crippen LogP contribution >= 0.6 is 0 Å². The van der Waals surface area contributed by atoms with E-state index in [2.05, 4.69) is 42.2 Å². The summed E-state index contributed by atoms with van der Waals surface area (Å²) in [6.45, 7) is 2.11. The van der Waals surface area contributed by atoms with Crippen molar-refractivity contribution in [3.8, 4) is 0 Å². The topological polar surface area (TPSA) is 12.9 Å². The van der Waals surface area contributed by atoms with Gasteiger partial charge in [0.05, 0.1) is 5.69 Å². The van der Waals surface area contributed by atoms with E-state index >= 15 is 0 Å². The Balaban J connectivity index is 2.09. The van der Waals surface area contributed by atoms with Crippen molar-refractivity contribution >= 4 is 11.6 Å². The van der Waals surface area contributed by atoms with E-state index in [1.165, 1.54) is 11.1 Å². The molecule has 0 spiro atoms. The number of nitrogens with zero attached hydrogens (tertiary/aromatic N) is 1. The second kappa shape index (κ2) is 5.80. The van der Waals surface area contributed by atoms with Crippen LogP contribution in [0.15, 0.2) is 66.9 Å². The third-order valence-corrected chi connectivity index (χ3v) is 2.53. The molecule has 1 heteroatoms. The lowest BCUT2D eigenvalue weighted by molar-refractivity contribution is 1.30.